The number of aromatic nitrogens is 3. The predicted octanol–water partition coefficient (Wildman–Crippen LogP) is 4.82. The molecule has 0 aliphatic carbocycles. The third kappa shape index (κ3) is 3.78. The lowest BCUT2D eigenvalue weighted by molar-refractivity contribution is 0.126. The van der Waals surface area contributed by atoms with E-state index in [-0.39, 0.29) is 0 Å². The van der Waals surface area contributed by atoms with Crippen LogP contribution in [-0.4, -0.2) is 54.9 Å². The molecular formula is C29H33N5O2. The molecule has 7 heteroatoms. The van der Waals surface area contributed by atoms with Gasteiger partial charge in [0.05, 0.1) is 19.9 Å². The van der Waals surface area contributed by atoms with E-state index in [2.05, 4.69) is 52.0 Å². The molecule has 2 aliphatic rings. The van der Waals surface area contributed by atoms with Gasteiger partial charge in [-0.25, -0.2) is 9.97 Å². The number of rotatable bonds is 5. The van der Waals surface area contributed by atoms with Gasteiger partial charge in [-0.3, -0.25) is 0 Å². The molecule has 0 bridgehead atoms. The maximum Gasteiger partial charge on any atom is 0.161 e. The van der Waals surface area contributed by atoms with Crippen molar-refractivity contribution < 1.29 is 9.47 Å². The minimum Gasteiger partial charge on any atom is -0.493 e. The van der Waals surface area contributed by atoms with Crippen LogP contribution in [0.1, 0.15) is 18.4 Å². The van der Waals surface area contributed by atoms with Crippen LogP contribution in [0.25, 0.3) is 33.8 Å². The molecule has 0 atom stereocenters. The fourth-order valence-electron chi connectivity index (χ4n) is 5.60. The lowest BCUT2D eigenvalue weighted by atomic mass is 9.73. The second-order valence-corrected chi connectivity index (χ2v) is 10.2. The van der Waals surface area contributed by atoms with Gasteiger partial charge in [0.2, 0.25) is 0 Å². The first-order valence-electron chi connectivity index (χ1n) is 12.6. The number of piperidine rings is 1. The quantitative estimate of drug-likeness (QED) is 0.439. The summed E-state index contributed by atoms with van der Waals surface area (Å²) in [5.41, 5.74) is 7.79. The number of nitrogens with one attached hydrogen (secondary N) is 1. The van der Waals surface area contributed by atoms with Gasteiger partial charge in [0.1, 0.15) is 11.3 Å². The molecule has 36 heavy (non-hydrogen) atoms. The lowest BCUT2D eigenvalue weighted by Gasteiger charge is -2.49. The summed E-state index contributed by atoms with van der Waals surface area (Å²) >= 11 is 0. The van der Waals surface area contributed by atoms with E-state index in [1.165, 1.54) is 31.6 Å². The van der Waals surface area contributed by atoms with Gasteiger partial charge < -0.3 is 24.3 Å². The number of ether oxygens (including phenoxy) is 2. The Hall–Kier alpha value is -3.58. The van der Waals surface area contributed by atoms with Crippen molar-refractivity contribution in [1.82, 2.24) is 19.9 Å². The van der Waals surface area contributed by atoms with Crippen molar-refractivity contribution >= 4 is 16.9 Å². The standard InChI is InChI=1S/C29H33N5O2/c1-19-15-23(20-5-8-22(9-6-20)34-13-11-29(12-14-34)17-30-18-29)31-28-26(19)32-27(33(28)2)21-7-10-24(35-3)25(16-21)36-4/h5-10,15-16,30H,11-14,17-18H2,1-4H3. The molecule has 2 aromatic carbocycles. The highest BCUT2D eigenvalue weighted by Crippen LogP contribution is 2.37. The highest BCUT2D eigenvalue weighted by Gasteiger charge is 2.39. The number of imidazole rings is 1. The average Bonchev–Trinajstić information content (AvgIpc) is 3.24. The number of aryl methyl sites for hydroxylation is 2. The van der Waals surface area contributed by atoms with Crippen molar-refractivity contribution in [2.45, 2.75) is 19.8 Å². The highest BCUT2D eigenvalue weighted by atomic mass is 16.5. The number of benzene rings is 2. The van der Waals surface area contributed by atoms with Crippen LogP contribution in [0.5, 0.6) is 11.5 Å². The molecule has 4 aromatic rings. The van der Waals surface area contributed by atoms with Gasteiger partial charge in [-0.15, -0.1) is 0 Å². The van der Waals surface area contributed by atoms with Crippen LogP contribution in [0.4, 0.5) is 5.69 Å². The van der Waals surface area contributed by atoms with E-state index in [4.69, 9.17) is 19.4 Å². The van der Waals surface area contributed by atoms with E-state index in [1.54, 1.807) is 14.2 Å². The summed E-state index contributed by atoms with van der Waals surface area (Å²) in [7, 11) is 5.30. The average molecular weight is 484 g/mol. The van der Waals surface area contributed by atoms with Gasteiger partial charge in [0.15, 0.2) is 17.1 Å². The summed E-state index contributed by atoms with van der Waals surface area (Å²) in [6.45, 7) is 6.76. The third-order valence-electron chi connectivity index (χ3n) is 8.01. The first-order valence-corrected chi connectivity index (χ1v) is 12.6. The Kier molecular flexibility index (Phi) is 5.60. The first-order chi connectivity index (χ1) is 17.5. The number of methoxy groups -OCH3 is 2. The normalized spacial score (nSPS) is 16.8. The summed E-state index contributed by atoms with van der Waals surface area (Å²) in [5.74, 6) is 2.23. The minimum atomic E-state index is 0.562. The topological polar surface area (TPSA) is 64.4 Å². The zero-order chi connectivity index (χ0) is 24.9. The largest absolute Gasteiger partial charge is 0.493 e. The van der Waals surface area contributed by atoms with E-state index in [9.17, 15) is 0 Å². The highest BCUT2D eigenvalue weighted by molar-refractivity contribution is 5.83. The molecule has 0 unspecified atom stereocenters. The monoisotopic (exact) mass is 483 g/mol. The van der Waals surface area contributed by atoms with Crippen LogP contribution in [-0.2, 0) is 7.05 Å². The van der Waals surface area contributed by atoms with Gasteiger partial charge in [-0.2, -0.15) is 0 Å². The van der Waals surface area contributed by atoms with Gasteiger partial charge in [0.25, 0.3) is 0 Å². The Morgan fingerprint density at radius 3 is 2.19 bits per heavy atom. The fraction of sp³-hybridized carbons (Fsp3) is 0.379. The summed E-state index contributed by atoms with van der Waals surface area (Å²) in [5, 5.41) is 3.45. The number of pyridine rings is 1. The van der Waals surface area contributed by atoms with E-state index in [0.29, 0.717) is 16.9 Å². The van der Waals surface area contributed by atoms with Crippen LogP contribution in [0.2, 0.25) is 0 Å². The molecule has 7 nitrogen and oxygen atoms in total. The molecule has 0 radical (unpaired) electrons. The van der Waals surface area contributed by atoms with Crippen molar-refractivity contribution in [3.05, 3.63) is 54.1 Å². The molecule has 2 aliphatic heterocycles. The van der Waals surface area contributed by atoms with E-state index >= 15 is 0 Å². The molecule has 2 aromatic heterocycles. The van der Waals surface area contributed by atoms with Crippen molar-refractivity contribution in [3.63, 3.8) is 0 Å². The molecule has 1 N–H and O–H groups in total. The molecule has 6 rings (SSSR count). The maximum atomic E-state index is 5.50. The van der Waals surface area contributed by atoms with Crippen molar-refractivity contribution in [3.8, 4) is 34.1 Å². The Labute approximate surface area is 212 Å². The van der Waals surface area contributed by atoms with Crippen LogP contribution >= 0.6 is 0 Å². The Bertz CT molecular complexity index is 1410. The van der Waals surface area contributed by atoms with Crippen molar-refractivity contribution in [2.75, 3.05) is 45.3 Å². The molecule has 186 valence electrons. The van der Waals surface area contributed by atoms with Crippen LogP contribution in [0.3, 0.4) is 0 Å². The summed E-state index contributed by atoms with van der Waals surface area (Å²) in [6.07, 6.45) is 2.56. The Morgan fingerprint density at radius 2 is 1.56 bits per heavy atom. The SMILES string of the molecule is COc1ccc(-c2nc3c(C)cc(-c4ccc(N5CCC6(CC5)CNC6)cc4)nc3n2C)cc1OC. The molecule has 0 amide bonds. The summed E-state index contributed by atoms with van der Waals surface area (Å²) < 4.78 is 13.0. The van der Waals surface area contributed by atoms with Crippen LogP contribution < -0.4 is 19.7 Å². The zero-order valence-corrected chi connectivity index (χ0v) is 21.5. The van der Waals surface area contributed by atoms with Gasteiger partial charge in [-0.05, 0) is 67.1 Å². The number of hydrogen-bond acceptors (Lipinski definition) is 6. The zero-order valence-electron chi connectivity index (χ0n) is 21.5. The minimum absolute atomic E-state index is 0.562. The Balaban J connectivity index is 1.29. The predicted molar refractivity (Wildman–Crippen MR) is 144 cm³/mol. The summed E-state index contributed by atoms with van der Waals surface area (Å²) in [6, 6.07) is 16.9. The molecular weight excluding hydrogens is 450 g/mol. The molecule has 4 heterocycles. The second kappa shape index (κ2) is 8.82. The van der Waals surface area contributed by atoms with Gasteiger partial charge in [-0.1, -0.05) is 12.1 Å². The molecule has 2 saturated heterocycles. The Morgan fingerprint density at radius 1 is 0.861 bits per heavy atom. The van der Waals surface area contributed by atoms with E-state index < -0.39 is 0 Å². The number of hydrogen-bond donors (Lipinski definition) is 1. The lowest BCUT2D eigenvalue weighted by Crippen LogP contribution is -2.58. The number of anilines is 1. The van der Waals surface area contributed by atoms with Crippen molar-refractivity contribution in [2.24, 2.45) is 12.5 Å². The molecule has 0 saturated carbocycles. The van der Waals surface area contributed by atoms with E-state index in [0.717, 1.165) is 52.5 Å². The first kappa shape index (κ1) is 22.9. The fourth-order valence-corrected chi connectivity index (χ4v) is 5.60. The molecule has 1 spiro atoms. The third-order valence-corrected chi connectivity index (χ3v) is 8.01. The molecule has 2 fully saturated rings. The second-order valence-electron chi connectivity index (χ2n) is 10.2. The number of nitrogens with zero attached hydrogens (tertiary/aromatic N) is 4. The number of fused-ring (bicyclic) bond motifs is 1. The maximum absolute atomic E-state index is 5.50. The van der Waals surface area contributed by atoms with Gasteiger partial charge in [0, 0.05) is 50.0 Å². The van der Waals surface area contributed by atoms with Gasteiger partial charge >= 0.3 is 0 Å². The van der Waals surface area contributed by atoms with E-state index in [1.807, 2.05) is 25.2 Å². The van der Waals surface area contributed by atoms with Crippen LogP contribution in [0.15, 0.2) is 48.5 Å². The van der Waals surface area contributed by atoms with Crippen molar-refractivity contribution in [1.29, 1.82) is 0 Å². The van der Waals surface area contributed by atoms with Crippen LogP contribution in [0, 0.1) is 12.3 Å². The summed E-state index contributed by atoms with van der Waals surface area (Å²) in [4.78, 5) is 12.5. The smallest absolute Gasteiger partial charge is 0.161 e.